The summed E-state index contributed by atoms with van der Waals surface area (Å²) in [6.07, 6.45) is 1.75. The molecule has 0 aliphatic rings. The second kappa shape index (κ2) is 8.31. The zero-order valence-corrected chi connectivity index (χ0v) is 12.7. The van der Waals surface area contributed by atoms with Crippen molar-refractivity contribution in [1.29, 1.82) is 0 Å². The number of esters is 1. The highest BCUT2D eigenvalue weighted by atomic mass is 16.5. The molecule has 0 amide bonds. The van der Waals surface area contributed by atoms with Crippen LogP contribution in [0.15, 0.2) is 27.8 Å². The zero-order chi connectivity index (χ0) is 15.7. The van der Waals surface area contributed by atoms with E-state index in [-0.39, 0.29) is 18.9 Å². The van der Waals surface area contributed by atoms with Gasteiger partial charge in [-0.25, -0.2) is 4.99 Å². The lowest BCUT2D eigenvalue weighted by Crippen LogP contribution is -2.39. The van der Waals surface area contributed by atoms with E-state index in [1.807, 2.05) is 6.92 Å². The van der Waals surface area contributed by atoms with E-state index >= 15 is 0 Å². The molecule has 7 heteroatoms. The number of carbonyl (C=O) groups excluding carboxylic acids is 1. The van der Waals surface area contributed by atoms with Crippen molar-refractivity contribution < 1.29 is 19.1 Å². The Bertz CT molecular complexity index is 455. The van der Waals surface area contributed by atoms with Gasteiger partial charge in [0.05, 0.1) is 26.3 Å². The third-order valence-electron chi connectivity index (χ3n) is 2.79. The Morgan fingerprint density at radius 3 is 2.86 bits per heavy atom. The van der Waals surface area contributed by atoms with E-state index in [1.165, 1.54) is 13.4 Å². The molecule has 0 aliphatic heterocycles. The number of rotatable bonds is 7. The van der Waals surface area contributed by atoms with E-state index in [9.17, 15) is 9.90 Å². The summed E-state index contributed by atoms with van der Waals surface area (Å²) in [6.45, 7) is 4.78. The van der Waals surface area contributed by atoms with Crippen LogP contribution < -0.4 is 10.6 Å². The zero-order valence-electron chi connectivity index (χ0n) is 12.7. The topological polar surface area (TPSA) is 96.1 Å². The van der Waals surface area contributed by atoms with E-state index in [4.69, 9.17) is 4.42 Å². The quantitative estimate of drug-likeness (QED) is 0.387. The normalized spacial score (nSPS) is 14.4. The predicted molar refractivity (Wildman–Crippen MR) is 78.9 cm³/mol. The van der Waals surface area contributed by atoms with Gasteiger partial charge in [-0.2, -0.15) is 0 Å². The fourth-order valence-electron chi connectivity index (χ4n) is 1.62. The number of carbonyl (C=O) groups is 1. The maximum Gasteiger partial charge on any atom is 0.307 e. The van der Waals surface area contributed by atoms with Crippen molar-refractivity contribution in [3.05, 3.63) is 24.2 Å². The summed E-state index contributed by atoms with van der Waals surface area (Å²) in [4.78, 5) is 15.3. The second-order valence-electron chi connectivity index (χ2n) is 4.70. The summed E-state index contributed by atoms with van der Waals surface area (Å²) in [5.74, 6) is 0.686. The molecule has 0 bridgehead atoms. The van der Waals surface area contributed by atoms with Crippen molar-refractivity contribution in [2.75, 3.05) is 26.7 Å². The molecule has 0 saturated carbocycles. The molecule has 1 atom stereocenters. The van der Waals surface area contributed by atoms with Gasteiger partial charge in [-0.05, 0) is 26.0 Å². The highest BCUT2D eigenvalue weighted by molar-refractivity contribution is 5.80. The molecule has 7 nitrogen and oxygen atoms in total. The van der Waals surface area contributed by atoms with Crippen LogP contribution in [0.1, 0.15) is 26.0 Å². The van der Waals surface area contributed by atoms with Crippen LogP contribution in [0.4, 0.5) is 0 Å². The minimum Gasteiger partial charge on any atom is -0.469 e. The third-order valence-corrected chi connectivity index (χ3v) is 2.79. The molecule has 21 heavy (non-hydrogen) atoms. The van der Waals surface area contributed by atoms with Crippen molar-refractivity contribution in [3.63, 3.8) is 0 Å². The molecule has 118 valence electrons. The molecule has 0 fully saturated rings. The molecule has 3 N–H and O–H groups in total. The lowest BCUT2D eigenvalue weighted by molar-refractivity contribution is -0.140. The van der Waals surface area contributed by atoms with Crippen LogP contribution >= 0.6 is 0 Å². The van der Waals surface area contributed by atoms with Crippen LogP contribution in [0.2, 0.25) is 0 Å². The third kappa shape index (κ3) is 5.86. The number of aliphatic hydroxyl groups is 1. The minimum absolute atomic E-state index is 0.133. The largest absolute Gasteiger partial charge is 0.469 e. The van der Waals surface area contributed by atoms with Gasteiger partial charge in [-0.1, -0.05) is 0 Å². The van der Waals surface area contributed by atoms with Gasteiger partial charge >= 0.3 is 5.97 Å². The molecule has 1 aromatic heterocycles. The van der Waals surface area contributed by atoms with Gasteiger partial charge in [0.1, 0.15) is 11.4 Å². The molecule has 0 radical (unpaired) electrons. The van der Waals surface area contributed by atoms with E-state index in [1.54, 1.807) is 19.1 Å². The number of methoxy groups -OCH3 is 1. The monoisotopic (exact) mass is 297 g/mol. The Morgan fingerprint density at radius 1 is 1.52 bits per heavy atom. The molecule has 0 aromatic carbocycles. The van der Waals surface area contributed by atoms with Crippen LogP contribution in [0.3, 0.4) is 0 Å². The summed E-state index contributed by atoms with van der Waals surface area (Å²) in [5.41, 5.74) is -1.19. The molecule has 0 aliphatic carbocycles. The van der Waals surface area contributed by atoms with E-state index in [2.05, 4.69) is 20.4 Å². The van der Waals surface area contributed by atoms with E-state index in [0.717, 1.165) is 0 Å². The number of nitrogens with one attached hydrogen (secondary N) is 2. The molecule has 0 spiro atoms. The Hall–Kier alpha value is -2.02. The second-order valence-corrected chi connectivity index (χ2v) is 4.70. The van der Waals surface area contributed by atoms with Crippen molar-refractivity contribution >= 4 is 11.9 Å². The Labute approximate surface area is 124 Å². The van der Waals surface area contributed by atoms with Crippen LogP contribution in [-0.4, -0.2) is 43.8 Å². The standard InChI is InChI=1S/C14H23N3O4/c1-4-15-13(16-8-7-12(18)20-3)17-10-14(2,19)11-6-5-9-21-11/h5-6,9,19H,4,7-8,10H2,1-3H3,(H2,15,16,17). The number of hydrogen-bond acceptors (Lipinski definition) is 5. The van der Waals surface area contributed by atoms with Gasteiger partial charge in [-0.3, -0.25) is 4.79 Å². The minimum atomic E-state index is -1.19. The fraction of sp³-hybridized carbons (Fsp3) is 0.571. The van der Waals surface area contributed by atoms with Crippen molar-refractivity contribution in [2.24, 2.45) is 4.99 Å². The van der Waals surface area contributed by atoms with Crippen LogP contribution in [0.5, 0.6) is 0 Å². The first-order chi connectivity index (χ1) is 9.99. The number of hydrogen-bond donors (Lipinski definition) is 3. The first-order valence-corrected chi connectivity index (χ1v) is 6.85. The van der Waals surface area contributed by atoms with Gasteiger partial charge in [0.25, 0.3) is 0 Å². The molecule has 1 aromatic rings. The maximum absolute atomic E-state index is 11.0. The summed E-state index contributed by atoms with van der Waals surface area (Å²) in [6, 6.07) is 3.42. The smallest absolute Gasteiger partial charge is 0.307 e. The Kier molecular flexibility index (Phi) is 6.74. The maximum atomic E-state index is 11.0. The van der Waals surface area contributed by atoms with Gasteiger partial charge in [0.2, 0.25) is 0 Å². The average Bonchev–Trinajstić information content (AvgIpc) is 2.99. The van der Waals surface area contributed by atoms with Crippen molar-refractivity contribution in [3.8, 4) is 0 Å². The van der Waals surface area contributed by atoms with Gasteiger partial charge < -0.3 is 24.9 Å². The number of ether oxygens (including phenoxy) is 1. The molecular weight excluding hydrogens is 274 g/mol. The van der Waals surface area contributed by atoms with Gasteiger partial charge in [0.15, 0.2) is 5.96 Å². The number of nitrogens with zero attached hydrogens (tertiary/aromatic N) is 1. The highest BCUT2D eigenvalue weighted by Gasteiger charge is 2.26. The average molecular weight is 297 g/mol. The Morgan fingerprint density at radius 2 is 2.29 bits per heavy atom. The van der Waals surface area contributed by atoms with Crippen LogP contribution in [0.25, 0.3) is 0 Å². The fourth-order valence-corrected chi connectivity index (χ4v) is 1.62. The predicted octanol–water partition coefficient (Wildman–Crippen LogP) is 0.605. The number of guanidine groups is 1. The van der Waals surface area contributed by atoms with Crippen LogP contribution in [0, 0.1) is 0 Å². The van der Waals surface area contributed by atoms with E-state index in [0.29, 0.717) is 24.8 Å². The summed E-state index contributed by atoms with van der Waals surface area (Å²) >= 11 is 0. The molecule has 0 saturated heterocycles. The van der Waals surface area contributed by atoms with E-state index < -0.39 is 5.60 Å². The Balaban J connectivity index is 2.56. The first-order valence-electron chi connectivity index (χ1n) is 6.85. The SMILES string of the molecule is CCNC(=NCC(C)(O)c1ccco1)NCCC(=O)OC. The van der Waals surface area contributed by atoms with Crippen LogP contribution in [-0.2, 0) is 15.1 Å². The molecule has 1 heterocycles. The summed E-state index contributed by atoms with van der Waals surface area (Å²) in [5, 5.41) is 16.4. The molecular formula is C14H23N3O4. The molecule has 1 rings (SSSR count). The number of aliphatic imine (C=N–C) groups is 1. The number of furan rings is 1. The first kappa shape index (κ1) is 17.0. The van der Waals surface area contributed by atoms with Gasteiger partial charge in [0, 0.05) is 13.1 Å². The van der Waals surface area contributed by atoms with Crippen molar-refractivity contribution in [2.45, 2.75) is 25.9 Å². The summed E-state index contributed by atoms with van der Waals surface area (Å²) in [7, 11) is 1.35. The molecule has 1 unspecified atom stereocenters. The highest BCUT2D eigenvalue weighted by Crippen LogP contribution is 2.20. The van der Waals surface area contributed by atoms with Gasteiger partial charge in [-0.15, -0.1) is 0 Å². The lowest BCUT2D eigenvalue weighted by Gasteiger charge is -2.19. The lowest BCUT2D eigenvalue weighted by atomic mass is 10.0. The van der Waals surface area contributed by atoms with Crippen molar-refractivity contribution in [1.82, 2.24) is 10.6 Å². The summed E-state index contributed by atoms with van der Waals surface area (Å²) < 4.78 is 9.76.